The SMILES string of the molecule is CC[C@@H](Oc1ccc(C)c(C)c1)C(=O)NCc1ccccn1. The van der Waals surface area contributed by atoms with E-state index >= 15 is 0 Å². The lowest BCUT2D eigenvalue weighted by Crippen LogP contribution is -2.37. The summed E-state index contributed by atoms with van der Waals surface area (Å²) >= 11 is 0. The predicted molar refractivity (Wildman–Crippen MR) is 86.7 cm³/mol. The van der Waals surface area contributed by atoms with Crippen LogP contribution in [0.5, 0.6) is 5.75 Å². The molecule has 0 fully saturated rings. The zero-order chi connectivity index (χ0) is 15.9. The molecule has 2 rings (SSSR count). The maximum Gasteiger partial charge on any atom is 0.261 e. The molecule has 4 nitrogen and oxygen atoms in total. The van der Waals surface area contributed by atoms with Crippen LogP contribution in [0, 0.1) is 13.8 Å². The number of carbonyl (C=O) groups excluding carboxylic acids is 1. The van der Waals surface area contributed by atoms with Crippen molar-refractivity contribution in [2.24, 2.45) is 0 Å². The fourth-order valence-electron chi connectivity index (χ4n) is 2.07. The standard InChI is InChI=1S/C18H22N2O2/c1-4-17(22-16-9-8-13(2)14(3)11-16)18(21)20-12-15-7-5-6-10-19-15/h5-11,17H,4,12H2,1-3H3,(H,20,21)/t17-/m1/s1. The molecule has 1 N–H and O–H groups in total. The molecular weight excluding hydrogens is 276 g/mol. The molecule has 1 atom stereocenters. The van der Waals surface area contributed by atoms with Gasteiger partial charge >= 0.3 is 0 Å². The Kier molecular flexibility index (Phi) is 5.53. The molecule has 1 aromatic heterocycles. The first-order valence-corrected chi connectivity index (χ1v) is 7.51. The van der Waals surface area contributed by atoms with Gasteiger partial charge in [0.1, 0.15) is 5.75 Å². The number of aromatic nitrogens is 1. The van der Waals surface area contributed by atoms with Gasteiger partial charge in [0.15, 0.2) is 6.10 Å². The van der Waals surface area contributed by atoms with Crippen LogP contribution in [0.25, 0.3) is 0 Å². The van der Waals surface area contributed by atoms with Gasteiger partial charge in [-0.2, -0.15) is 0 Å². The third kappa shape index (κ3) is 4.32. The van der Waals surface area contributed by atoms with E-state index in [0.29, 0.717) is 13.0 Å². The van der Waals surface area contributed by atoms with Crippen molar-refractivity contribution in [1.29, 1.82) is 0 Å². The molecule has 4 heteroatoms. The van der Waals surface area contributed by atoms with Gasteiger partial charge in [-0.05, 0) is 55.7 Å². The molecule has 0 saturated carbocycles. The number of amides is 1. The van der Waals surface area contributed by atoms with Crippen LogP contribution in [0.4, 0.5) is 0 Å². The van der Waals surface area contributed by atoms with E-state index in [1.807, 2.05) is 50.2 Å². The number of pyridine rings is 1. The van der Waals surface area contributed by atoms with E-state index in [4.69, 9.17) is 4.74 Å². The molecule has 0 saturated heterocycles. The van der Waals surface area contributed by atoms with Crippen molar-refractivity contribution in [1.82, 2.24) is 10.3 Å². The fourth-order valence-corrected chi connectivity index (χ4v) is 2.07. The van der Waals surface area contributed by atoms with Gasteiger partial charge in [0.25, 0.3) is 5.91 Å². The molecule has 0 aliphatic rings. The van der Waals surface area contributed by atoms with E-state index in [1.54, 1.807) is 6.20 Å². The molecule has 2 aromatic rings. The smallest absolute Gasteiger partial charge is 0.261 e. The second-order valence-electron chi connectivity index (χ2n) is 5.30. The molecular formula is C18H22N2O2. The molecule has 0 aliphatic carbocycles. The summed E-state index contributed by atoms with van der Waals surface area (Å²) in [6, 6.07) is 11.5. The molecule has 1 amide bonds. The third-order valence-electron chi connectivity index (χ3n) is 3.59. The maximum atomic E-state index is 12.2. The van der Waals surface area contributed by atoms with Gasteiger partial charge in [0.05, 0.1) is 12.2 Å². The van der Waals surface area contributed by atoms with Crippen molar-refractivity contribution < 1.29 is 9.53 Å². The number of carbonyl (C=O) groups is 1. The summed E-state index contributed by atoms with van der Waals surface area (Å²) in [6.45, 7) is 6.43. The van der Waals surface area contributed by atoms with Crippen molar-refractivity contribution in [3.8, 4) is 5.75 Å². The first-order chi connectivity index (χ1) is 10.6. The Hall–Kier alpha value is -2.36. The van der Waals surface area contributed by atoms with E-state index in [2.05, 4.69) is 17.2 Å². The summed E-state index contributed by atoms with van der Waals surface area (Å²) in [6.07, 6.45) is 1.83. The largest absolute Gasteiger partial charge is 0.481 e. The Labute approximate surface area is 131 Å². The van der Waals surface area contributed by atoms with Gasteiger partial charge in [0.2, 0.25) is 0 Å². The van der Waals surface area contributed by atoms with Gasteiger partial charge in [0, 0.05) is 6.20 Å². The predicted octanol–water partition coefficient (Wildman–Crippen LogP) is 3.17. The number of hydrogen-bond acceptors (Lipinski definition) is 3. The van der Waals surface area contributed by atoms with E-state index in [0.717, 1.165) is 17.0 Å². The average Bonchev–Trinajstić information content (AvgIpc) is 2.54. The van der Waals surface area contributed by atoms with E-state index in [1.165, 1.54) is 5.56 Å². The van der Waals surface area contributed by atoms with Crippen LogP contribution in [0.2, 0.25) is 0 Å². The molecule has 0 bridgehead atoms. The molecule has 1 aromatic carbocycles. The second-order valence-corrected chi connectivity index (χ2v) is 5.30. The molecule has 0 radical (unpaired) electrons. The summed E-state index contributed by atoms with van der Waals surface area (Å²) in [5, 5.41) is 2.87. The van der Waals surface area contributed by atoms with Crippen LogP contribution in [-0.4, -0.2) is 17.0 Å². The van der Waals surface area contributed by atoms with Gasteiger partial charge in [-0.25, -0.2) is 0 Å². The summed E-state index contributed by atoms with van der Waals surface area (Å²) in [5.41, 5.74) is 3.19. The van der Waals surface area contributed by atoms with Gasteiger partial charge in [-0.1, -0.05) is 19.1 Å². The lowest BCUT2D eigenvalue weighted by Gasteiger charge is -2.18. The minimum atomic E-state index is -0.495. The van der Waals surface area contributed by atoms with Crippen LogP contribution in [0.15, 0.2) is 42.6 Å². The summed E-state index contributed by atoms with van der Waals surface area (Å²) in [5.74, 6) is 0.606. The topological polar surface area (TPSA) is 51.2 Å². The summed E-state index contributed by atoms with van der Waals surface area (Å²) in [4.78, 5) is 16.4. The van der Waals surface area contributed by atoms with E-state index in [9.17, 15) is 4.79 Å². The first-order valence-electron chi connectivity index (χ1n) is 7.51. The Bertz CT molecular complexity index is 626. The number of hydrogen-bond donors (Lipinski definition) is 1. The van der Waals surface area contributed by atoms with Crippen molar-refractivity contribution in [2.75, 3.05) is 0 Å². The number of aryl methyl sites for hydroxylation is 2. The van der Waals surface area contributed by atoms with Crippen molar-refractivity contribution >= 4 is 5.91 Å². The number of benzene rings is 1. The van der Waals surface area contributed by atoms with Crippen LogP contribution >= 0.6 is 0 Å². The number of rotatable bonds is 6. The van der Waals surface area contributed by atoms with Crippen LogP contribution < -0.4 is 10.1 Å². The Morgan fingerprint density at radius 1 is 1.23 bits per heavy atom. The highest BCUT2D eigenvalue weighted by Gasteiger charge is 2.18. The molecule has 0 aliphatic heterocycles. The Balaban J connectivity index is 1.95. The summed E-state index contributed by atoms with van der Waals surface area (Å²) in [7, 11) is 0. The molecule has 116 valence electrons. The minimum Gasteiger partial charge on any atom is -0.481 e. The minimum absolute atomic E-state index is 0.119. The Morgan fingerprint density at radius 3 is 2.68 bits per heavy atom. The quantitative estimate of drug-likeness (QED) is 0.891. The fraction of sp³-hybridized carbons (Fsp3) is 0.333. The lowest BCUT2D eigenvalue weighted by molar-refractivity contribution is -0.128. The van der Waals surface area contributed by atoms with Gasteiger partial charge in [-0.15, -0.1) is 0 Å². The second kappa shape index (κ2) is 7.59. The molecule has 22 heavy (non-hydrogen) atoms. The normalized spacial score (nSPS) is 11.8. The zero-order valence-corrected chi connectivity index (χ0v) is 13.3. The summed E-state index contributed by atoms with van der Waals surface area (Å²) < 4.78 is 5.82. The molecule has 0 unspecified atom stereocenters. The Morgan fingerprint density at radius 2 is 2.05 bits per heavy atom. The average molecular weight is 298 g/mol. The highest BCUT2D eigenvalue weighted by molar-refractivity contribution is 5.81. The van der Waals surface area contributed by atoms with Gasteiger partial charge in [-0.3, -0.25) is 9.78 Å². The van der Waals surface area contributed by atoms with Crippen molar-refractivity contribution in [3.63, 3.8) is 0 Å². The van der Waals surface area contributed by atoms with Crippen molar-refractivity contribution in [3.05, 3.63) is 59.4 Å². The maximum absolute atomic E-state index is 12.2. The van der Waals surface area contributed by atoms with Gasteiger partial charge < -0.3 is 10.1 Å². The molecule has 1 heterocycles. The monoisotopic (exact) mass is 298 g/mol. The number of ether oxygens (including phenoxy) is 1. The third-order valence-corrected chi connectivity index (χ3v) is 3.59. The highest BCUT2D eigenvalue weighted by atomic mass is 16.5. The van der Waals surface area contributed by atoms with E-state index < -0.39 is 6.10 Å². The number of nitrogens with one attached hydrogen (secondary N) is 1. The van der Waals surface area contributed by atoms with E-state index in [-0.39, 0.29) is 5.91 Å². The zero-order valence-electron chi connectivity index (χ0n) is 13.3. The lowest BCUT2D eigenvalue weighted by atomic mass is 10.1. The van der Waals surface area contributed by atoms with Crippen LogP contribution in [-0.2, 0) is 11.3 Å². The van der Waals surface area contributed by atoms with Crippen LogP contribution in [0.1, 0.15) is 30.2 Å². The first kappa shape index (κ1) is 16.0. The highest BCUT2D eigenvalue weighted by Crippen LogP contribution is 2.18. The van der Waals surface area contributed by atoms with Crippen molar-refractivity contribution in [2.45, 2.75) is 39.8 Å². The molecule has 0 spiro atoms. The van der Waals surface area contributed by atoms with Crippen LogP contribution in [0.3, 0.4) is 0 Å². The number of nitrogens with zero attached hydrogens (tertiary/aromatic N) is 1.